The molecule has 1 atom stereocenters. The molecule has 1 unspecified atom stereocenters. The fourth-order valence-electron chi connectivity index (χ4n) is 3.68. The molecule has 0 aliphatic carbocycles. The fourth-order valence-corrected chi connectivity index (χ4v) is 3.68. The second-order valence-corrected chi connectivity index (χ2v) is 7.97. The van der Waals surface area contributed by atoms with Crippen LogP contribution in [0, 0.1) is 5.82 Å². The minimum atomic E-state index is -4.77. The van der Waals surface area contributed by atoms with E-state index >= 15 is 0 Å². The fraction of sp³-hybridized carbons (Fsp3) is 0.391. The van der Waals surface area contributed by atoms with E-state index in [4.69, 9.17) is 4.74 Å². The second kappa shape index (κ2) is 10.8. The molecule has 1 fully saturated rings. The SMILES string of the molecule is COCCN1CCN(C(=O)Nc2ccc(NC(=O)c3ccc(F)cc3)cc2C(F)(F)F)CC1C. The highest BCUT2D eigenvalue weighted by Crippen LogP contribution is 2.37. The Kier molecular flexibility index (Phi) is 8.11. The molecule has 0 aromatic heterocycles. The van der Waals surface area contributed by atoms with Crippen LogP contribution in [0.25, 0.3) is 0 Å². The largest absolute Gasteiger partial charge is 0.418 e. The summed E-state index contributed by atoms with van der Waals surface area (Å²) in [6.45, 7) is 4.51. The molecule has 3 rings (SSSR count). The van der Waals surface area contributed by atoms with Crippen molar-refractivity contribution < 1.29 is 31.9 Å². The standard InChI is InChI=1S/C23H26F4N4O3/c1-15-14-31(10-9-30(15)11-12-34-2)22(33)29-20-8-7-18(13-19(20)23(25,26)27)28-21(32)16-3-5-17(24)6-4-16/h3-8,13,15H,9-12,14H2,1-2H3,(H,28,32)(H,29,33). The van der Waals surface area contributed by atoms with Crippen LogP contribution in [-0.2, 0) is 10.9 Å². The molecule has 0 saturated carbocycles. The van der Waals surface area contributed by atoms with Gasteiger partial charge in [-0.2, -0.15) is 13.2 Å². The van der Waals surface area contributed by atoms with Gasteiger partial charge >= 0.3 is 12.2 Å². The van der Waals surface area contributed by atoms with E-state index in [9.17, 15) is 27.2 Å². The number of hydrogen-bond acceptors (Lipinski definition) is 4. The van der Waals surface area contributed by atoms with E-state index in [-0.39, 0.29) is 17.3 Å². The van der Waals surface area contributed by atoms with Gasteiger partial charge < -0.3 is 20.3 Å². The molecule has 2 aromatic carbocycles. The van der Waals surface area contributed by atoms with Crippen LogP contribution in [0.5, 0.6) is 0 Å². The lowest BCUT2D eigenvalue weighted by molar-refractivity contribution is -0.136. The van der Waals surface area contributed by atoms with Crippen molar-refractivity contribution in [2.45, 2.75) is 19.1 Å². The van der Waals surface area contributed by atoms with Gasteiger partial charge in [0.25, 0.3) is 5.91 Å². The van der Waals surface area contributed by atoms with Gasteiger partial charge in [0, 0.05) is 50.6 Å². The summed E-state index contributed by atoms with van der Waals surface area (Å²) in [6, 6.07) is 7.10. The number of nitrogens with zero attached hydrogens (tertiary/aromatic N) is 2. The quantitative estimate of drug-likeness (QED) is 0.603. The molecule has 7 nitrogen and oxygen atoms in total. The number of alkyl halides is 3. The number of benzene rings is 2. The lowest BCUT2D eigenvalue weighted by atomic mass is 10.1. The molecule has 1 aliphatic rings. The van der Waals surface area contributed by atoms with Crippen LogP contribution < -0.4 is 10.6 Å². The van der Waals surface area contributed by atoms with Gasteiger partial charge in [0.2, 0.25) is 0 Å². The average molecular weight is 482 g/mol. The first-order valence-electron chi connectivity index (χ1n) is 10.7. The zero-order valence-corrected chi connectivity index (χ0v) is 18.8. The minimum absolute atomic E-state index is 0.0285. The van der Waals surface area contributed by atoms with E-state index in [1.165, 1.54) is 23.1 Å². The molecular formula is C23H26F4N4O3. The van der Waals surface area contributed by atoms with E-state index in [1.807, 2.05) is 6.92 Å². The molecular weight excluding hydrogens is 456 g/mol. The van der Waals surface area contributed by atoms with Crippen molar-refractivity contribution in [2.24, 2.45) is 0 Å². The summed E-state index contributed by atoms with van der Waals surface area (Å²) in [5, 5.41) is 4.71. The molecule has 0 bridgehead atoms. The minimum Gasteiger partial charge on any atom is -0.383 e. The maximum Gasteiger partial charge on any atom is 0.418 e. The number of hydrogen-bond donors (Lipinski definition) is 2. The number of anilines is 2. The Hall–Kier alpha value is -3.18. The number of amides is 3. The van der Waals surface area contributed by atoms with Crippen molar-refractivity contribution in [3.8, 4) is 0 Å². The summed E-state index contributed by atoms with van der Waals surface area (Å²) < 4.78 is 59.3. The second-order valence-electron chi connectivity index (χ2n) is 7.97. The summed E-state index contributed by atoms with van der Waals surface area (Å²) >= 11 is 0. The molecule has 2 aromatic rings. The Balaban J connectivity index is 1.71. The molecule has 11 heteroatoms. The number of methoxy groups -OCH3 is 1. The highest BCUT2D eigenvalue weighted by Gasteiger charge is 2.35. The Labute approximate surface area is 194 Å². The lowest BCUT2D eigenvalue weighted by Gasteiger charge is -2.39. The molecule has 2 N–H and O–H groups in total. The van der Waals surface area contributed by atoms with Gasteiger partial charge in [-0.25, -0.2) is 9.18 Å². The Morgan fingerprint density at radius 3 is 2.41 bits per heavy atom. The van der Waals surface area contributed by atoms with Gasteiger partial charge in [-0.05, 0) is 49.4 Å². The van der Waals surface area contributed by atoms with Crippen molar-refractivity contribution in [1.29, 1.82) is 0 Å². The van der Waals surface area contributed by atoms with E-state index in [2.05, 4.69) is 15.5 Å². The average Bonchev–Trinajstić information content (AvgIpc) is 2.79. The Bertz CT molecular complexity index is 1010. The first-order valence-corrected chi connectivity index (χ1v) is 10.7. The summed E-state index contributed by atoms with van der Waals surface area (Å²) in [4.78, 5) is 28.6. The maximum absolute atomic E-state index is 13.7. The maximum atomic E-state index is 13.7. The number of ether oxygens (including phenoxy) is 1. The number of urea groups is 1. The van der Waals surface area contributed by atoms with Crippen molar-refractivity contribution in [3.05, 3.63) is 59.4 Å². The first-order chi connectivity index (χ1) is 16.1. The van der Waals surface area contributed by atoms with E-state index in [1.54, 1.807) is 7.11 Å². The number of halogens is 4. The molecule has 1 aliphatic heterocycles. The van der Waals surface area contributed by atoms with Gasteiger partial charge in [-0.15, -0.1) is 0 Å². The predicted octanol–water partition coefficient (Wildman–Crippen LogP) is 4.28. The molecule has 184 valence electrons. The Morgan fingerprint density at radius 1 is 1.09 bits per heavy atom. The van der Waals surface area contributed by atoms with Gasteiger partial charge in [-0.3, -0.25) is 9.69 Å². The summed E-state index contributed by atoms with van der Waals surface area (Å²) in [5.41, 5.74) is -1.53. The van der Waals surface area contributed by atoms with Crippen LogP contribution in [0.15, 0.2) is 42.5 Å². The highest BCUT2D eigenvalue weighted by atomic mass is 19.4. The van der Waals surface area contributed by atoms with Crippen LogP contribution in [0.4, 0.5) is 33.7 Å². The summed E-state index contributed by atoms with van der Waals surface area (Å²) in [7, 11) is 1.60. The predicted molar refractivity (Wildman–Crippen MR) is 119 cm³/mol. The van der Waals surface area contributed by atoms with Crippen LogP contribution in [0.1, 0.15) is 22.8 Å². The highest BCUT2D eigenvalue weighted by molar-refractivity contribution is 6.04. The summed E-state index contributed by atoms with van der Waals surface area (Å²) in [6.07, 6.45) is -4.77. The van der Waals surface area contributed by atoms with Gasteiger partial charge in [-0.1, -0.05) is 0 Å². The summed E-state index contributed by atoms with van der Waals surface area (Å²) in [5.74, 6) is -1.23. The molecule has 1 heterocycles. The van der Waals surface area contributed by atoms with Crippen molar-refractivity contribution in [3.63, 3.8) is 0 Å². The van der Waals surface area contributed by atoms with Gasteiger partial charge in [0.1, 0.15) is 5.82 Å². The molecule has 0 radical (unpaired) electrons. The Morgan fingerprint density at radius 2 is 1.79 bits per heavy atom. The molecule has 0 spiro atoms. The normalized spacial score (nSPS) is 16.9. The number of rotatable bonds is 6. The van der Waals surface area contributed by atoms with Crippen LogP contribution in [0.3, 0.4) is 0 Å². The van der Waals surface area contributed by atoms with Crippen molar-refractivity contribution >= 4 is 23.3 Å². The third-order valence-electron chi connectivity index (χ3n) is 5.57. The monoisotopic (exact) mass is 482 g/mol. The van der Waals surface area contributed by atoms with Crippen LogP contribution in [0.2, 0.25) is 0 Å². The van der Waals surface area contributed by atoms with E-state index < -0.39 is 35.2 Å². The number of carbonyl (C=O) groups is 2. The van der Waals surface area contributed by atoms with E-state index in [0.29, 0.717) is 32.8 Å². The number of piperazine rings is 1. The first kappa shape index (κ1) is 25.4. The van der Waals surface area contributed by atoms with Crippen molar-refractivity contribution in [1.82, 2.24) is 9.80 Å². The third-order valence-corrected chi connectivity index (χ3v) is 5.57. The smallest absolute Gasteiger partial charge is 0.383 e. The third kappa shape index (κ3) is 6.45. The number of carbonyl (C=O) groups excluding carboxylic acids is 2. The van der Waals surface area contributed by atoms with E-state index in [0.717, 1.165) is 24.3 Å². The zero-order valence-electron chi connectivity index (χ0n) is 18.8. The van der Waals surface area contributed by atoms with Crippen LogP contribution >= 0.6 is 0 Å². The number of nitrogens with one attached hydrogen (secondary N) is 2. The van der Waals surface area contributed by atoms with Crippen LogP contribution in [-0.4, -0.2) is 67.7 Å². The van der Waals surface area contributed by atoms with Gasteiger partial charge in [0.05, 0.1) is 17.9 Å². The molecule has 1 saturated heterocycles. The molecule has 3 amide bonds. The lowest BCUT2D eigenvalue weighted by Crippen LogP contribution is -2.55. The van der Waals surface area contributed by atoms with Crippen molar-refractivity contribution in [2.75, 3.05) is 50.5 Å². The zero-order chi connectivity index (χ0) is 24.9. The topological polar surface area (TPSA) is 73.9 Å². The van der Waals surface area contributed by atoms with Gasteiger partial charge in [0.15, 0.2) is 0 Å². The molecule has 34 heavy (non-hydrogen) atoms.